The number of Topliss-reactive ketones (excluding diaryl/α,β-unsaturated/α-hetero) is 1. The van der Waals surface area contributed by atoms with Crippen LogP contribution in [0.2, 0.25) is 0 Å². The SMILES string of the molecule is O=C1C2=Cc3cc([N+](=O)[O-])ccc3C2=CC=C1[N+](=O)[O-]. The van der Waals surface area contributed by atoms with Gasteiger partial charge in [-0.05, 0) is 34.9 Å². The number of nitro benzene ring substituents is 1. The molecule has 2 aliphatic carbocycles. The summed E-state index contributed by atoms with van der Waals surface area (Å²) in [6, 6.07) is 4.23. The number of hydrogen-bond acceptors (Lipinski definition) is 5. The van der Waals surface area contributed by atoms with Crippen LogP contribution < -0.4 is 0 Å². The second-order valence-corrected chi connectivity index (χ2v) is 4.31. The molecule has 0 amide bonds. The zero-order valence-corrected chi connectivity index (χ0v) is 9.90. The Hall–Kier alpha value is -3.09. The predicted molar refractivity (Wildman–Crippen MR) is 69.1 cm³/mol. The Bertz CT molecular complexity index is 786. The minimum absolute atomic E-state index is 0.0882. The van der Waals surface area contributed by atoms with E-state index < -0.39 is 21.3 Å². The number of ketones is 1. The summed E-state index contributed by atoms with van der Waals surface area (Å²) in [6.45, 7) is 0. The van der Waals surface area contributed by atoms with Crippen LogP contribution in [-0.2, 0) is 4.79 Å². The molecular formula is C13H6N2O5. The fourth-order valence-electron chi connectivity index (χ4n) is 2.29. The van der Waals surface area contributed by atoms with Crippen LogP contribution in [0.3, 0.4) is 0 Å². The van der Waals surface area contributed by atoms with Crippen molar-refractivity contribution in [3.8, 4) is 0 Å². The minimum Gasteiger partial charge on any atom is -0.282 e. The average molecular weight is 270 g/mol. The van der Waals surface area contributed by atoms with Crippen LogP contribution in [0.4, 0.5) is 5.69 Å². The molecule has 0 spiro atoms. The summed E-state index contributed by atoms with van der Waals surface area (Å²) in [7, 11) is 0. The summed E-state index contributed by atoms with van der Waals surface area (Å²) in [4.78, 5) is 32.2. The van der Waals surface area contributed by atoms with E-state index in [1.54, 1.807) is 6.07 Å². The summed E-state index contributed by atoms with van der Waals surface area (Å²) >= 11 is 0. The molecule has 0 bridgehead atoms. The number of non-ortho nitro benzene ring substituents is 1. The van der Waals surface area contributed by atoms with E-state index in [1.165, 1.54) is 24.3 Å². The van der Waals surface area contributed by atoms with Crippen molar-refractivity contribution in [2.24, 2.45) is 0 Å². The van der Waals surface area contributed by atoms with Gasteiger partial charge in [-0.1, -0.05) is 0 Å². The molecule has 0 N–H and O–H groups in total. The third-order valence-corrected chi connectivity index (χ3v) is 3.21. The van der Waals surface area contributed by atoms with Crippen LogP contribution in [0.25, 0.3) is 11.6 Å². The molecule has 7 heteroatoms. The van der Waals surface area contributed by atoms with Gasteiger partial charge in [0.05, 0.1) is 9.85 Å². The Balaban J connectivity index is 2.14. The smallest absolute Gasteiger partial charge is 0.282 e. The maximum atomic E-state index is 12.0. The fraction of sp³-hybridized carbons (Fsp3) is 0. The summed E-state index contributed by atoms with van der Waals surface area (Å²) in [5.41, 5.74) is 1.36. The van der Waals surface area contributed by atoms with Gasteiger partial charge in [0.1, 0.15) is 0 Å². The van der Waals surface area contributed by atoms with E-state index >= 15 is 0 Å². The number of rotatable bonds is 2. The van der Waals surface area contributed by atoms with Gasteiger partial charge in [-0.2, -0.15) is 0 Å². The Labute approximate surface area is 111 Å². The minimum atomic E-state index is -0.734. The summed E-state index contributed by atoms with van der Waals surface area (Å²) in [6.07, 6.45) is 4.10. The summed E-state index contributed by atoms with van der Waals surface area (Å²) < 4.78 is 0. The van der Waals surface area contributed by atoms with E-state index in [1.807, 2.05) is 0 Å². The molecule has 0 heterocycles. The van der Waals surface area contributed by atoms with Gasteiger partial charge in [-0.15, -0.1) is 0 Å². The molecule has 0 aliphatic heterocycles. The first-order valence-corrected chi connectivity index (χ1v) is 5.61. The average Bonchev–Trinajstić information content (AvgIpc) is 2.77. The van der Waals surface area contributed by atoms with E-state index in [-0.39, 0.29) is 11.3 Å². The maximum absolute atomic E-state index is 12.0. The van der Waals surface area contributed by atoms with Gasteiger partial charge >= 0.3 is 5.70 Å². The van der Waals surface area contributed by atoms with Crippen molar-refractivity contribution in [3.63, 3.8) is 0 Å². The fourth-order valence-corrected chi connectivity index (χ4v) is 2.29. The lowest BCUT2D eigenvalue weighted by Gasteiger charge is -2.08. The lowest BCUT2D eigenvalue weighted by molar-refractivity contribution is -0.418. The second-order valence-electron chi connectivity index (χ2n) is 4.31. The molecule has 3 rings (SSSR count). The molecule has 0 saturated carbocycles. The van der Waals surface area contributed by atoms with Crippen LogP contribution in [0.1, 0.15) is 11.1 Å². The monoisotopic (exact) mass is 270 g/mol. The van der Waals surface area contributed by atoms with E-state index in [9.17, 15) is 25.0 Å². The Morgan fingerprint density at radius 1 is 0.950 bits per heavy atom. The molecule has 98 valence electrons. The highest BCUT2D eigenvalue weighted by Crippen LogP contribution is 2.40. The van der Waals surface area contributed by atoms with Crippen molar-refractivity contribution in [3.05, 3.63) is 73.0 Å². The van der Waals surface area contributed by atoms with Crippen molar-refractivity contribution >= 4 is 23.1 Å². The molecule has 7 nitrogen and oxygen atoms in total. The highest BCUT2D eigenvalue weighted by atomic mass is 16.6. The number of nitro groups is 2. The number of nitrogens with zero attached hydrogens (tertiary/aromatic N) is 2. The predicted octanol–water partition coefficient (Wildman–Crippen LogP) is 2.12. The van der Waals surface area contributed by atoms with Gasteiger partial charge in [0.15, 0.2) is 0 Å². The topological polar surface area (TPSA) is 103 Å². The molecule has 0 radical (unpaired) electrons. The summed E-state index contributed by atoms with van der Waals surface area (Å²) in [5.74, 6) is -0.675. The van der Waals surface area contributed by atoms with E-state index in [0.717, 1.165) is 6.08 Å². The number of carbonyl (C=O) groups is 1. The third kappa shape index (κ3) is 1.57. The van der Waals surface area contributed by atoms with Crippen LogP contribution in [-0.4, -0.2) is 15.6 Å². The number of fused-ring (bicyclic) bond motifs is 3. The van der Waals surface area contributed by atoms with Gasteiger partial charge in [0.2, 0.25) is 0 Å². The van der Waals surface area contributed by atoms with Gasteiger partial charge in [-0.25, -0.2) is 0 Å². The third-order valence-electron chi connectivity index (χ3n) is 3.21. The molecule has 2 aliphatic rings. The molecule has 1 aromatic carbocycles. The van der Waals surface area contributed by atoms with Crippen molar-refractivity contribution < 1.29 is 14.6 Å². The highest BCUT2D eigenvalue weighted by Gasteiger charge is 2.34. The molecule has 0 aromatic heterocycles. The van der Waals surface area contributed by atoms with E-state index in [4.69, 9.17) is 0 Å². The quantitative estimate of drug-likeness (QED) is 0.604. The van der Waals surface area contributed by atoms with Crippen molar-refractivity contribution in [2.45, 2.75) is 0 Å². The van der Waals surface area contributed by atoms with Crippen molar-refractivity contribution in [1.29, 1.82) is 0 Å². The lowest BCUT2D eigenvalue weighted by Crippen LogP contribution is -2.15. The standard InChI is InChI=1S/C13H6N2O5/c16-13-11-6-7-5-8(14(17)18)1-2-9(7)10(11)3-4-12(13)15(19)20/h1-6H. The number of hydrogen-bond donors (Lipinski definition) is 0. The zero-order valence-electron chi connectivity index (χ0n) is 9.90. The van der Waals surface area contributed by atoms with Crippen LogP contribution in [0, 0.1) is 20.2 Å². The van der Waals surface area contributed by atoms with Gasteiger partial charge in [0, 0.05) is 23.8 Å². The van der Waals surface area contributed by atoms with Gasteiger partial charge in [-0.3, -0.25) is 25.0 Å². The second kappa shape index (κ2) is 3.95. The first-order valence-electron chi connectivity index (χ1n) is 5.61. The number of benzene rings is 1. The molecule has 0 saturated heterocycles. The molecule has 20 heavy (non-hydrogen) atoms. The number of allylic oxidation sites excluding steroid dienone is 4. The van der Waals surface area contributed by atoms with Crippen LogP contribution in [0.15, 0.2) is 41.6 Å². The largest absolute Gasteiger partial charge is 0.316 e. The lowest BCUT2D eigenvalue weighted by atomic mass is 9.94. The Morgan fingerprint density at radius 2 is 1.70 bits per heavy atom. The van der Waals surface area contributed by atoms with Crippen LogP contribution >= 0.6 is 0 Å². The van der Waals surface area contributed by atoms with Crippen LogP contribution in [0.5, 0.6) is 0 Å². The van der Waals surface area contributed by atoms with E-state index in [2.05, 4.69) is 0 Å². The Kier molecular flexibility index (Phi) is 2.37. The van der Waals surface area contributed by atoms with Crippen molar-refractivity contribution in [1.82, 2.24) is 0 Å². The van der Waals surface area contributed by atoms with Gasteiger partial charge in [0.25, 0.3) is 11.5 Å². The molecule has 0 atom stereocenters. The molecule has 1 aromatic rings. The van der Waals surface area contributed by atoms with E-state index in [0.29, 0.717) is 16.7 Å². The number of carbonyl (C=O) groups excluding carboxylic acids is 1. The summed E-state index contributed by atoms with van der Waals surface area (Å²) in [5, 5.41) is 21.5. The van der Waals surface area contributed by atoms with Gasteiger partial charge < -0.3 is 0 Å². The zero-order chi connectivity index (χ0) is 14.4. The Morgan fingerprint density at radius 3 is 2.35 bits per heavy atom. The first-order chi connectivity index (χ1) is 9.49. The van der Waals surface area contributed by atoms with Crippen molar-refractivity contribution in [2.75, 3.05) is 0 Å². The first kappa shape index (κ1) is 12.0. The molecular weight excluding hydrogens is 264 g/mol. The highest BCUT2D eigenvalue weighted by molar-refractivity contribution is 6.24. The molecule has 0 unspecified atom stereocenters. The normalized spacial score (nSPS) is 15.8. The maximum Gasteiger partial charge on any atom is 0.316 e. The molecule has 0 fully saturated rings.